The fourth-order valence-corrected chi connectivity index (χ4v) is 18.6. The molecule has 0 N–H and O–H groups in total. The summed E-state index contributed by atoms with van der Waals surface area (Å²) in [5, 5.41) is 0. The molecule has 30 heteroatoms. The van der Waals surface area contributed by atoms with Crippen LogP contribution in [0.25, 0.3) is 29.9 Å². The van der Waals surface area contributed by atoms with E-state index in [-0.39, 0.29) is 79.9 Å². The molecule has 6 aromatic rings. The van der Waals surface area contributed by atoms with Crippen molar-refractivity contribution in [3.63, 3.8) is 0 Å². The van der Waals surface area contributed by atoms with Crippen molar-refractivity contribution in [2.24, 2.45) is 27.9 Å². The van der Waals surface area contributed by atoms with Gasteiger partial charge in [0.05, 0.1) is 0 Å². The van der Waals surface area contributed by atoms with E-state index in [1.54, 1.807) is 0 Å². The number of carbonyl (C=O) groups excluding carboxylic acids is 2. The van der Waals surface area contributed by atoms with Gasteiger partial charge in [0.15, 0.2) is 0 Å². The second kappa shape index (κ2) is 52.8. The van der Waals surface area contributed by atoms with Crippen LogP contribution in [0.4, 0.5) is 0 Å². The summed E-state index contributed by atoms with van der Waals surface area (Å²) in [6.07, 6.45) is 0. The molecule has 0 aliphatic rings. The quantitative estimate of drug-likeness (QED) is 0.0358. The van der Waals surface area contributed by atoms with Crippen molar-refractivity contribution in [1.29, 1.82) is 0 Å². The average Bonchev–Trinajstić information content (AvgIpc) is 0.889. The molecule has 0 fully saturated rings. The van der Waals surface area contributed by atoms with Gasteiger partial charge in [0, 0.05) is 98.8 Å². The topological polar surface area (TPSA) is 193 Å². The Labute approximate surface area is 752 Å². The first kappa shape index (κ1) is 113. The van der Waals surface area contributed by atoms with Crippen LogP contribution in [0.15, 0.2) is 210 Å². The fourth-order valence-electron chi connectivity index (χ4n) is 8.26. The normalized spacial score (nSPS) is 12.8. The molecular weight excluding hydrogens is 2020 g/mol. The summed E-state index contributed by atoms with van der Waals surface area (Å²) in [6.45, 7) is 80.8. The van der Waals surface area contributed by atoms with Crippen LogP contribution in [0.2, 0.25) is 236 Å². The molecule has 0 aliphatic carbocycles. The van der Waals surface area contributed by atoms with Crippen molar-refractivity contribution in [3.8, 4) is 0 Å². The van der Waals surface area contributed by atoms with E-state index in [0.717, 1.165) is 68.4 Å². The van der Waals surface area contributed by atoms with E-state index >= 15 is 0 Å². The Morgan fingerprint density at radius 2 is 0.291 bits per heavy atom. The predicted octanol–water partition coefficient (Wildman–Crippen LogP) is 27.8. The maximum Gasteiger partial charge on any atom is 4.00 e. The van der Waals surface area contributed by atoms with Crippen molar-refractivity contribution in [3.05, 3.63) is 245 Å². The predicted molar refractivity (Wildman–Crippen MR) is 523 cm³/mol. The molecule has 0 saturated heterocycles. The Bertz CT molecular complexity index is 3170. The van der Waals surface area contributed by atoms with Crippen molar-refractivity contribution in [2.45, 2.75) is 236 Å². The van der Waals surface area contributed by atoms with Gasteiger partial charge in [-0.15, -0.1) is 11.3 Å². The molecule has 0 bridgehead atoms. The van der Waals surface area contributed by atoms with E-state index in [2.05, 4.69) is 399 Å². The molecule has 0 amide bonds. The van der Waals surface area contributed by atoms with Gasteiger partial charge in [-0.25, -0.2) is 0 Å². The maximum absolute atomic E-state index is 8.54. The number of benzene rings is 6. The molecular formula is C80H138N12O2P2Si12Th2. The molecule has 0 spiro atoms. The summed E-state index contributed by atoms with van der Waals surface area (Å²) in [4.78, 5) is 46.4. The summed E-state index contributed by atoms with van der Waals surface area (Å²) >= 11 is 0. The first-order valence-electron chi connectivity index (χ1n) is 37.2. The third kappa shape index (κ3) is 68.4. The molecule has 0 saturated carbocycles. The van der Waals surface area contributed by atoms with Gasteiger partial charge in [-0.05, 0) is 33.4 Å². The Kier molecular flexibility index (Phi) is 54.4. The van der Waals surface area contributed by atoms with Crippen LogP contribution >= 0.6 is 17.7 Å². The van der Waals surface area contributed by atoms with Crippen molar-refractivity contribution in [1.82, 2.24) is 0 Å². The first-order valence-corrected chi connectivity index (χ1v) is 79.4. The van der Waals surface area contributed by atoms with Gasteiger partial charge in [-0.2, -0.15) is 0 Å². The molecule has 0 aliphatic heterocycles. The van der Waals surface area contributed by atoms with Crippen LogP contribution in [0.5, 0.6) is 0 Å². The fraction of sp³-hybridized carbons (Fsp3) is 0.450. The van der Waals surface area contributed by atoms with E-state index < -0.39 is 98.8 Å². The van der Waals surface area contributed by atoms with Crippen LogP contribution in [-0.4, -0.2) is 145 Å². The zero-order valence-electron chi connectivity index (χ0n) is 74.4. The molecule has 0 unspecified atom stereocenters. The molecule has 0 aromatic heterocycles. The molecule has 0 radical (unpaired) electrons. The van der Waals surface area contributed by atoms with Gasteiger partial charge >= 0.3 is 79.9 Å². The number of nitrogens with zero attached hydrogens (tertiary/aromatic N) is 12. The Morgan fingerprint density at radius 1 is 0.209 bits per heavy atom. The Hall–Kier alpha value is -2.85. The average molecular weight is 2160 g/mol. The molecule has 14 nitrogen and oxygen atoms in total. The summed E-state index contributed by atoms with van der Waals surface area (Å²) in [5.41, 5.74) is 9.29. The third-order valence-electron chi connectivity index (χ3n) is 11.5. The zero-order chi connectivity index (χ0) is 84.0. The second-order valence-corrected chi connectivity index (χ2v) is 92.9. The molecule has 0 heterocycles. The van der Waals surface area contributed by atoms with Gasteiger partial charge in [-0.3, -0.25) is 9.59 Å². The zero-order valence-corrected chi connectivity index (χ0v) is 96.4. The maximum atomic E-state index is 8.54. The van der Waals surface area contributed by atoms with Gasteiger partial charge in [0.25, 0.3) is 0 Å². The smallest absolute Gasteiger partial charge is 0.623 e. The van der Waals surface area contributed by atoms with Gasteiger partial charge in [-0.1, -0.05) is 453 Å². The third-order valence-corrected chi connectivity index (χ3v) is 22.1. The Balaban J connectivity index is -0.000000601. The largest absolute Gasteiger partial charge is 4.00 e. The number of hydrogen-bond donors (Lipinski definition) is 0. The van der Waals surface area contributed by atoms with E-state index in [1.807, 2.05) is 36.4 Å². The van der Waals surface area contributed by atoms with Crippen LogP contribution in [-0.2, 0) is 9.59 Å². The van der Waals surface area contributed by atoms with Crippen LogP contribution in [0.3, 0.4) is 0 Å². The molecule has 6 rings (SSSR count). The van der Waals surface area contributed by atoms with Crippen LogP contribution in [0.1, 0.15) is 33.4 Å². The second-order valence-electron chi connectivity index (χ2n) is 37.7. The summed E-state index contributed by atoms with van der Waals surface area (Å²) in [6, 6.07) is 62.0. The molecule has 596 valence electrons. The van der Waals surface area contributed by atoms with Crippen LogP contribution in [0, 0.1) is 79.9 Å². The number of rotatable bonds is 18. The number of hydrogen-bond acceptors (Lipinski definition) is 8. The molecule has 6 aromatic carbocycles. The van der Waals surface area contributed by atoms with E-state index in [1.165, 1.54) is 11.3 Å². The van der Waals surface area contributed by atoms with E-state index in [4.69, 9.17) is 67.4 Å². The van der Waals surface area contributed by atoms with Crippen molar-refractivity contribution >= 4 is 163 Å². The monoisotopic (exact) mass is 2160 g/mol. The summed E-state index contributed by atoms with van der Waals surface area (Å²) in [7, 11) is -11.9. The minimum absolute atomic E-state index is 0. The summed E-state index contributed by atoms with van der Waals surface area (Å²) in [5.74, 6) is 5.77. The minimum atomic E-state index is -1.49. The molecule has 0 atom stereocenters. The van der Waals surface area contributed by atoms with E-state index in [0.29, 0.717) is 0 Å². The van der Waals surface area contributed by atoms with Crippen LogP contribution < -0.4 is 0 Å². The number of amidine groups is 6. The van der Waals surface area contributed by atoms with Gasteiger partial charge in [0.2, 0.25) is 0 Å². The van der Waals surface area contributed by atoms with Gasteiger partial charge < -0.3 is 75.6 Å². The first-order chi connectivity index (χ1) is 48.9. The SMILES string of the molecule is C[Si](C)(C)/N=C(/[N-][Si](C)(C)C)c1ccccc1.C[Si](C)(C)/N=C(/[N-][Si](C)(C)C)c1ccccc1.C[Si](C)(C)/N=C(/[N-][Si](C)(C)C)c1ccccc1.C[Si](C)(C)/N=C(/[N-][Si](C)(C)C)c1ccccc1.C[Si](C)(C)/N=C(/[N-][Si](C)(C)C)c1ccccc1.C[Si](C)(C)/N=C(/[N-][Si](C)(C)C)c1ccccc1.O=C=[P-].O=C=[P-].[Th+4].[Th+4]. The van der Waals surface area contributed by atoms with E-state index in [9.17, 15) is 0 Å². The molecule has 110 heavy (non-hydrogen) atoms. The van der Waals surface area contributed by atoms with Gasteiger partial charge in [0.1, 0.15) is 0 Å². The minimum Gasteiger partial charge on any atom is -0.623 e. The van der Waals surface area contributed by atoms with Crippen molar-refractivity contribution in [2.75, 3.05) is 0 Å². The standard InChI is InChI=1S/6C13H23N2Si2.2COP.2Th/c6*1-16(2,3)14-13(15-17(4,5)6)12-10-8-7-9-11-12;2*2-1-3;;/h6*7-11H,1-6H3;;;;/q8*-1;2*+4. The Morgan fingerprint density at radius 3 is 0.355 bits per heavy atom. The van der Waals surface area contributed by atoms with Crippen molar-refractivity contribution < 1.29 is 89.5 Å². The summed E-state index contributed by atoms with van der Waals surface area (Å²) < 4.78 is 29.3.